The van der Waals surface area contributed by atoms with Crippen molar-refractivity contribution in [3.8, 4) is 11.5 Å². The lowest BCUT2D eigenvalue weighted by Crippen LogP contribution is -2.22. The number of benzene rings is 1. The van der Waals surface area contributed by atoms with E-state index in [9.17, 15) is 4.79 Å². The molecule has 1 aromatic carbocycles. The monoisotopic (exact) mass is 295 g/mol. The number of carbonyl (C=O) groups excluding carboxylic acids is 1. The summed E-state index contributed by atoms with van der Waals surface area (Å²) in [6.45, 7) is 0. The van der Waals surface area contributed by atoms with E-state index in [-0.39, 0.29) is 11.8 Å². The van der Waals surface area contributed by atoms with Gasteiger partial charge in [0.1, 0.15) is 11.5 Å². The zero-order valence-corrected chi connectivity index (χ0v) is 12.4. The second-order valence-electron chi connectivity index (χ2n) is 5.60. The summed E-state index contributed by atoms with van der Waals surface area (Å²) in [6, 6.07) is 3.36. The van der Waals surface area contributed by atoms with E-state index in [1.165, 1.54) is 6.42 Å². The van der Waals surface area contributed by atoms with Gasteiger partial charge in [-0.15, -0.1) is 0 Å². The number of anilines is 1. The number of rotatable bonds is 4. The lowest BCUT2D eigenvalue weighted by molar-refractivity contribution is -0.120. The molecule has 1 aromatic rings. The Morgan fingerprint density at radius 1 is 1.15 bits per heavy atom. The van der Waals surface area contributed by atoms with Crippen molar-refractivity contribution < 1.29 is 14.3 Å². The molecule has 1 amide bonds. The second-order valence-corrected chi connectivity index (χ2v) is 6.01. The SMILES string of the molecule is COc1cc(OC)c(NC(=O)C2CC3CC3C2)cc1Cl. The van der Waals surface area contributed by atoms with Crippen LogP contribution in [0.1, 0.15) is 19.3 Å². The van der Waals surface area contributed by atoms with Gasteiger partial charge in [-0.05, 0) is 37.2 Å². The third-order valence-electron chi connectivity index (χ3n) is 4.35. The Balaban J connectivity index is 1.75. The first-order valence-electron chi connectivity index (χ1n) is 6.84. The van der Waals surface area contributed by atoms with Crippen LogP contribution in [0.2, 0.25) is 5.02 Å². The fraction of sp³-hybridized carbons (Fsp3) is 0.533. The summed E-state index contributed by atoms with van der Waals surface area (Å²) in [5.74, 6) is 2.85. The number of carbonyl (C=O) groups is 1. The average molecular weight is 296 g/mol. The molecule has 2 atom stereocenters. The maximum Gasteiger partial charge on any atom is 0.227 e. The fourth-order valence-electron chi connectivity index (χ4n) is 3.12. The Morgan fingerprint density at radius 2 is 1.80 bits per heavy atom. The van der Waals surface area contributed by atoms with E-state index in [1.54, 1.807) is 26.4 Å². The van der Waals surface area contributed by atoms with Gasteiger partial charge in [0.2, 0.25) is 5.91 Å². The highest BCUT2D eigenvalue weighted by Gasteiger charge is 2.48. The Labute approximate surface area is 123 Å². The molecule has 0 spiro atoms. The highest BCUT2D eigenvalue weighted by molar-refractivity contribution is 6.32. The molecule has 5 heteroatoms. The van der Waals surface area contributed by atoms with Gasteiger partial charge in [-0.3, -0.25) is 4.79 Å². The molecule has 2 aliphatic rings. The summed E-state index contributed by atoms with van der Waals surface area (Å²) >= 11 is 6.10. The van der Waals surface area contributed by atoms with E-state index in [0.29, 0.717) is 22.2 Å². The van der Waals surface area contributed by atoms with Crippen LogP contribution in [0.5, 0.6) is 11.5 Å². The van der Waals surface area contributed by atoms with Crippen molar-refractivity contribution in [3.63, 3.8) is 0 Å². The number of nitrogens with one attached hydrogen (secondary N) is 1. The van der Waals surface area contributed by atoms with Crippen LogP contribution in [0.3, 0.4) is 0 Å². The van der Waals surface area contributed by atoms with Gasteiger partial charge in [-0.25, -0.2) is 0 Å². The van der Waals surface area contributed by atoms with Crippen molar-refractivity contribution in [3.05, 3.63) is 17.2 Å². The molecule has 3 rings (SSSR count). The number of hydrogen-bond donors (Lipinski definition) is 1. The summed E-state index contributed by atoms with van der Waals surface area (Å²) in [6.07, 6.45) is 3.34. The molecule has 0 saturated heterocycles. The van der Waals surface area contributed by atoms with Crippen LogP contribution < -0.4 is 14.8 Å². The molecule has 0 heterocycles. The van der Waals surface area contributed by atoms with Crippen molar-refractivity contribution in [2.24, 2.45) is 17.8 Å². The van der Waals surface area contributed by atoms with E-state index in [2.05, 4.69) is 5.32 Å². The summed E-state index contributed by atoms with van der Waals surface area (Å²) in [5.41, 5.74) is 0.601. The number of halogens is 1. The molecular weight excluding hydrogens is 278 g/mol. The van der Waals surface area contributed by atoms with Crippen LogP contribution in [0.25, 0.3) is 0 Å². The highest BCUT2D eigenvalue weighted by Crippen LogP contribution is 2.54. The molecule has 2 unspecified atom stereocenters. The van der Waals surface area contributed by atoms with Gasteiger partial charge >= 0.3 is 0 Å². The molecule has 2 aliphatic carbocycles. The third kappa shape index (κ3) is 2.44. The van der Waals surface area contributed by atoms with Crippen LogP contribution >= 0.6 is 11.6 Å². The molecule has 2 saturated carbocycles. The number of ether oxygens (including phenoxy) is 2. The van der Waals surface area contributed by atoms with E-state index >= 15 is 0 Å². The van der Waals surface area contributed by atoms with Crippen molar-refractivity contribution in [2.45, 2.75) is 19.3 Å². The zero-order valence-electron chi connectivity index (χ0n) is 11.6. The summed E-state index contributed by atoms with van der Waals surface area (Å²) in [5, 5.41) is 3.39. The summed E-state index contributed by atoms with van der Waals surface area (Å²) < 4.78 is 10.4. The van der Waals surface area contributed by atoms with Gasteiger partial charge < -0.3 is 14.8 Å². The lowest BCUT2D eigenvalue weighted by atomic mass is 10.0. The molecule has 4 nitrogen and oxygen atoms in total. The minimum atomic E-state index is 0.0664. The van der Waals surface area contributed by atoms with Gasteiger partial charge in [0, 0.05) is 12.0 Å². The standard InChI is InChI=1S/C15H18ClNO3/c1-19-13-7-14(20-2)12(6-11(13)16)17-15(18)10-4-8-3-9(8)5-10/h6-10H,3-5H2,1-2H3,(H,17,18). The lowest BCUT2D eigenvalue weighted by Gasteiger charge is -2.16. The summed E-state index contributed by atoms with van der Waals surface area (Å²) in [7, 11) is 3.10. The normalized spacial score (nSPS) is 26.9. The summed E-state index contributed by atoms with van der Waals surface area (Å²) in [4.78, 5) is 12.3. The Bertz CT molecular complexity index is 536. The molecule has 0 bridgehead atoms. The number of amides is 1. The van der Waals surface area contributed by atoms with Crippen LogP contribution in [0.15, 0.2) is 12.1 Å². The molecule has 108 valence electrons. The minimum Gasteiger partial charge on any atom is -0.495 e. The Morgan fingerprint density at radius 3 is 2.40 bits per heavy atom. The molecule has 0 aliphatic heterocycles. The van der Waals surface area contributed by atoms with Crippen LogP contribution in [-0.2, 0) is 4.79 Å². The first-order chi connectivity index (χ1) is 9.62. The molecule has 1 N–H and O–H groups in total. The predicted molar refractivity (Wildman–Crippen MR) is 77.5 cm³/mol. The van der Waals surface area contributed by atoms with E-state index in [4.69, 9.17) is 21.1 Å². The van der Waals surface area contributed by atoms with E-state index in [1.807, 2.05) is 0 Å². The van der Waals surface area contributed by atoms with E-state index < -0.39 is 0 Å². The number of hydrogen-bond acceptors (Lipinski definition) is 3. The first-order valence-corrected chi connectivity index (χ1v) is 7.22. The van der Waals surface area contributed by atoms with Crippen molar-refractivity contribution >= 4 is 23.2 Å². The van der Waals surface area contributed by atoms with Crippen LogP contribution in [0.4, 0.5) is 5.69 Å². The predicted octanol–water partition coefficient (Wildman–Crippen LogP) is 3.34. The van der Waals surface area contributed by atoms with Crippen LogP contribution in [-0.4, -0.2) is 20.1 Å². The molecule has 20 heavy (non-hydrogen) atoms. The largest absolute Gasteiger partial charge is 0.495 e. The number of methoxy groups -OCH3 is 2. The van der Waals surface area contributed by atoms with E-state index in [0.717, 1.165) is 24.7 Å². The third-order valence-corrected chi connectivity index (χ3v) is 4.64. The molecule has 2 fully saturated rings. The molecular formula is C15H18ClNO3. The smallest absolute Gasteiger partial charge is 0.227 e. The Kier molecular flexibility index (Phi) is 3.50. The Hall–Kier alpha value is -1.42. The quantitative estimate of drug-likeness (QED) is 0.927. The average Bonchev–Trinajstić information content (AvgIpc) is 3.05. The first kappa shape index (κ1) is 13.6. The topological polar surface area (TPSA) is 47.6 Å². The van der Waals surface area contributed by atoms with Crippen molar-refractivity contribution in [1.29, 1.82) is 0 Å². The van der Waals surface area contributed by atoms with Gasteiger partial charge in [-0.1, -0.05) is 11.6 Å². The molecule has 0 aromatic heterocycles. The minimum absolute atomic E-state index is 0.0664. The van der Waals surface area contributed by atoms with Gasteiger partial charge in [0.25, 0.3) is 0 Å². The van der Waals surface area contributed by atoms with Crippen molar-refractivity contribution in [2.75, 3.05) is 19.5 Å². The zero-order chi connectivity index (χ0) is 14.3. The van der Waals surface area contributed by atoms with Crippen LogP contribution in [0, 0.1) is 17.8 Å². The second kappa shape index (κ2) is 5.17. The maximum atomic E-state index is 12.3. The van der Waals surface area contributed by atoms with Gasteiger partial charge in [0.05, 0.1) is 24.9 Å². The van der Waals surface area contributed by atoms with Crippen molar-refractivity contribution in [1.82, 2.24) is 0 Å². The molecule has 0 radical (unpaired) electrons. The van der Waals surface area contributed by atoms with Gasteiger partial charge in [-0.2, -0.15) is 0 Å². The number of fused-ring (bicyclic) bond motifs is 1. The highest BCUT2D eigenvalue weighted by atomic mass is 35.5. The maximum absolute atomic E-state index is 12.3. The fourth-order valence-corrected chi connectivity index (χ4v) is 3.36. The van der Waals surface area contributed by atoms with Gasteiger partial charge in [0.15, 0.2) is 0 Å².